The average Bonchev–Trinajstić information content (AvgIpc) is 2.51. The van der Waals surface area contributed by atoms with Gasteiger partial charge in [0.2, 0.25) is 0 Å². The van der Waals surface area contributed by atoms with E-state index < -0.39 is 0 Å². The molecule has 2 rings (SSSR count). The molecule has 4 nitrogen and oxygen atoms in total. The van der Waals surface area contributed by atoms with Crippen molar-refractivity contribution in [1.82, 2.24) is 5.32 Å². The molecule has 1 aliphatic heterocycles. The third kappa shape index (κ3) is 2.01. The lowest BCUT2D eigenvalue weighted by atomic mass is 10.2. The first kappa shape index (κ1) is 10.6. The summed E-state index contributed by atoms with van der Waals surface area (Å²) in [6, 6.07) is 4.58. The highest BCUT2D eigenvalue weighted by molar-refractivity contribution is 6.32. The molecule has 5 heteroatoms. The number of phenolic OH excluding ortho intramolecular Hbond substituents is 1. The fourth-order valence-corrected chi connectivity index (χ4v) is 1.51. The molecule has 1 aliphatic rings. The number of amides is 1. The van der Waals surface area contributed by atoms with Gasteiger partial charge in [0.25, 0.3) is 5.91 Å². The summed E-state index contributed by atoms with van der Waals surface area (Å²) in [6.45, 7) is 0. The third-order valence-electron chi connectivity index (χ3n) is 2.08. The molecular weight excluding hydrogens is 230 g/mol. The molecule has 0 saturated heterocycles. The smallest absolute Gasteiger partial charge is 0.252 e. The van der Waals surface area contributed by atoms with Gasteiger partial charge >= 0.3 is 0 Å². The maximum absolute atomic E-state index is 10.9. The number of hydrogen-bond donors (Lipinski definition) is 3. The first-order valence-corrected chi connectivity index (χ1v) is 4.86. The number of phenols is 1. The summed E-state index contributed by atoms with van der Waals surface area (Å²) in [6.07, 6.45) is 2.65. The fourth-order valence-electron chi connectivity index (χ4n) is 1.32. The zero-order valence-corrected chi connectivity index (χ0v) is 8.82. The van der Waals surface area contributed by atoms with Gasteiger partial charge in [-0.15, -0.1) is 0 Å². The zero-order valence-electron chi connectivity index (χ0n) is 8.07. The predicted octanol–water partition coefficient (Wildman–Crippen LogP) is 1.96. The Kier molecular flexibility index (Phi) is 2.58. The van der Waals surface area contributed by atoms with Crippen molar-refractivity contribution in [3.05, 3.63) is 46.3 Å². The number of carbonyl (C=O) groups excluding carboxylic acids is 1. The number of benzene rings is 1. The van der Waals surface area contributed by atoms with Crippen molar-refractivity contribution in [1.29, 1.82) is 0 Å². The zero-order chi connectivity index (χ0) is 11.7. The minimum atomic E-state index is -0.367. The molecule has 0 aromatic heterocycles. The van der Waals surface area contributed by atoms with E-state index in [9.17, 15) is 15.0 Å². The van der Waals surface area contributed by atoms with Crippen molar-refractivity contribution in [2.75, 3.05) is 0 Å². The van der Waals surface area contributed by atoms with E-state index in [2.05, 4.69) is 5.32 Å². The van der Waals surface area contributed by atoms with Crippen molar-refractivity contribution < 1.29 is 15.0 Å². The maximum atomic E-state index is 10.9. The first-order chi connectivity index (χ1) is 7.56. The van der Waals surface area contributed by atoms with E-state index in [4.69, 9.17) is 11.6 Å². The van der Waals surface area contributed by atoms with Crippen molar-refractivity contribution in [3.8, 4) is 5.75 Å². The van der Waals surface area contributed by atoms with Crippen molar-refractivity contribution in [3.63, 3.8) is 0 Å². The van der Waals surface area contributed by atoms with Gasteiger partial charge in [0, 0.05) is 6.08 Å². The molecule has 1 amide bonds. The summed E-state index contributed by atoms with van der Waals surface area (Å²) in [5.74, 6) is -0.498. The summed E-state index contributed by atoms with van der Waals surface area (Å²) in [5, 5.41) is 21.3. The Balaban J connectivity index is 2.34. The van der Waals surface area contributed by atoms with Crippen LogP contribution in [0.4, 0.5) is 0 Å². The lowest BCUT2D eigenvalue weighted by Crippen LogP contribution is -2.13. The van der Waals surface area contributed by atoms with E-state index in [1.807, 2.05) is 0 Å². The predicted molar refractivity (Wildman–Crippen MR) is 59.9 cm³/mol. The van der Waals surface area contributed by atoms with Gasteiger partial charge < -0.3 is 15.5 Å². The summed E-state index contributed by atoms with van der Waals surface area (Å²) >= 11 is 5.72. The second-order valence-corrected chi connectivity index (χ2v) is 3.69. The van der Waals surface area contributed by atoms with Crippen LogP contribution in [-0.2, 0) is 4.79 Å². The quantitative estimate of drug-likeness (QED) is 0.699. The number of nitrogens with one attached hydrogen (secondary N) is 1. The summed E-state index contributed by atoms with van der Waals surface area (Å²) in [7, 11) is 0. The molecule has 1 aromatic carbocycles. The standard InChI is InChI=1S/C11H8ClNO3/c12-7-3-6(1-2-9(7)14)4-8-10(15)5-11(16)13-8/h1-5,14-15H,(H,13,16)/b8-4+. The molecular formula is C11H8ClNO3. The average molecular weight is 238 g/mol. The van der Waals surface area contributed by atoms with Crippen molar-refractivity contribution in [2.24, 2.45) is 0 Å². The van der Waals surface area contributed by atoms with Crippen LogP contribution in [0.5, 0.6) is 5.75 Å². The second-order valence-electron chi connectivity index (χ2n) is 3.29. The van der Waals surface area contributed by atoms with Crippen molar-refractivity contribution in [2.45, 2.75) is 0 Å². The molecule has 1 aromatic rings. The highest BCUT2D eigenvalue weighted by Crippen LogP contribution is 2.25. The Morgan fingerprint density at radius 2 is 2.06 bits per heavy atom. The van der Waals surface area contributed by atoms with Gasteiger partial charge in [0.05, 0.1) is 10.7 Å². The van der Waals surface area contributed by atoms with E-state index in [-0.39, 0.29) is 22.4 Å². The number of hydrogen-bond acceptors (Lipinski definition) is 3. The number of aliphatic hydroxyl groups is 1. The number of halogens is 1. The van der Waals surface area contributed by atoms with Gasteiger partial charge in [-0.25, -0.2) is 0 Å². The number of carbonyl (C=O) groups is 1. The monoisotopic (exact) mass is 237 g/mol. The Hall–Kier alpha value is -1.94. The Morgan fingerprint density at radius 1 is 1.31 bits per heavy atom. The van der Waals surface area contributed by atoms with Crippen LogP contribution in [0.3, 0.4) is 0 Å². The molecule has 82 valence electrons. The molecule has 0 unspecified atom stereocenters. The number of aromatic hydroxyl groups is 1. The van der Waals surface area contributed by atoms with Crippen LogP contribution in [-0.4, -0.2) is 16.1 Å². The molecule has 0 saturated carbocycles. The van der Waals surface area contributed by atoms with Crippen LogP contribution in [0.1, 0.15) is 5.56 Å². The van der Waals surface area contributed by atoms with E-state index in [1.165, 1.54) is 12.1 Å². The van der Waals surface area contributed by atoms with Crippen LogP contribution in [0.25, 0.3) is 6.08 Å². The van der Waals surface area contributed by atoms with Gasteiger partial charge in [-0.2, -0.15) is 0 Å². The minimum Gasteiger partial charge on any atom is -0.506 e. The lowest BCUT2D eigenvalue weighted by Gasteiger charge is -2.01. The highest BCUT2D eigenvalue weighted by Gasteiger charge is 2.15. The molecule has 0 fully saturated rings. The van der Waals surface area contributed by atoms with Crippen LogP contribution in [0.15, 0.2) is 35.7 Å². The third-order valence-corrected chi connectivity index (χ3v) is 2.39. The number of aliphatic hydroxyl groups excluding tert-OH is 1. The van der Waals surface area contributed by atoms with E-state index in [0.29, 0.717) is 11.3 Å². The largest absolute Gasteiger partial charge is 0.506 e. The molecule has 16 heavy (non-hydrogen) atoms. The Morgan fingerprint density at radius 3 is 2.62 bits per heavy atom. The molecule has 0 atom stereocenters. The van der Waals surface area contributed by atoms with Gasteiger partial charge in [0.15, 0.2) is 0 Å². The van der Waals surface area contributed by atoms with Gasteiger partial charge in [-0.1, -0.05) is 17.7 Å². The van der Waals surface area contributed by atoms with Crippen LogP contribution in [0.2, 0.25) is 5.02 Å². The topological polar surface area (TPSA) is 69.6 Å². The van der Waals surface area contributed by atoms with E-state index >= 15 is 0 Å². The van der Waals surface area contributed by atoms with Gasteiger partial charge in [0.1, 0.15) is 11.5 Å². The van der Waals surface area contributed by atoms with Crippen LogP contribution >= 0.6 is 11.6 Å². The van der Waals surface area contributed by atoms with Crippen LogP contribution < -0.4 is 5.32 Å². The number of rotatable bonds is 1. The molecule has 0 aliphatic carbocycles. The van der Waals surface area contributed by atoms with E-state index in [1.54, 1.807) is 12.1 Å². The van der Waals surface area contributed by atoms with Gasteiger partial charge in [-0.3, -0.25) is 4.79 Å². The van der Waals surface area contributed by atoms with Crippen LogP contribution in [0, 0.1) is 0 Å². The summed E-state index contributed by atoms with van der Waals surface area (Å²) in [5.41, 5.74) is 0.978. The Bertz CT molecular complexity index is 520. The maximum Gasteiger partial charge on any atom is 0.252 e. The van der Waals surface area contributed by atoms with E-state index in [0.717, 1.165) is 6.08 Å². The molecule has 0 bridgehead atoms. The Labute approximate surface area is 96.5 Å². The lowest BCUT2D eigenvalue weighted by molar-refractivity contribution is -0.115. The molecule has 3 N–H and O–H groups in total. The molecule has 0 radical (unpaired) electrons. The highest BCUT2D eigenvalue weighted by atomic mass is 35.5. The summed E-state index contributed by atoms with van der Waals surface area (Å²) in [4.78, 5) is 10.9. The van der Waals surface area contributed by atoms with Gasteiger partial charge in [-0.05, 0) is 23.8 Å². The molecule has 0 spiro atoms. The van der Waals surface area contributed by atoms with Crippen molar-refractivity contribution >= 4 is 23.6 Å². The SMILES string of the molecule is O=C1C=C(O)/C(=C\c2ccc(O)c(Cl)c2)N1. The molecule has 1 heterocycles. The normalized spacial score (nSPS) is 17.4. The summed E-state index contributed by atoms with van der Waals surface area (Å²) < 4.78 is 0. The second kappa shape index (κ2) is 3.90. The first-order valence-electron chi connectivity index (χ1n) is 4.48. The minimum absolute atomic E-state index is 0.0148. The fraction of sp³-hybridized carbons (Fsp3) is 0.